The zero-order valence-corrected chi connectivity index (χ0v) is 19.4. The van der Waals surface area contributed by atoms with Gasteiger partial charge in [-0.15, -0.1) is 5.10 Å². The van der Waals surface area contributed by atoms with Crippen LogP contribution in [0.4, 0.5) is 4.79 Å². The molecule has 12 heteroatoms. The summed E-state index contributed by atoms with van der Waals surface area (Å²) in [6, 6.07) is 6.46. The second-order valence-electron chi connectivity index (χ2n) is 7.98. The number of ether oxygens (including phenoxy) is 2. The number of nitrogens with zero attached hydrogens (tertiary/aromatic N) is 5. The third kappa shape index (κ3) is 6.91. The minimum Gasteiger partial charge on any atom is -0.488 e. The number of benzene rings is 1. The molecule has 3 aromatic rings. The molecule has 0 aliphatic heterocycles. The first-order valence-electron chi connectivity index (χ1n) is 9.99. The van der Waals surface area contributed by atoms with Gasteiger partial charge in [0.15, 0.2) is 12.0 Å². The number of pyridine rings is 1. The van der Waals surface area contributed by atoms with Gasteiger partial charge in [-0.3, -0.25) is 9.78 Å². The molecule has 0 unspecified atom stereocenters. The van der Waals surface area contributed by atoms with Crippen molar-refractivity contribution in [2.75, 3.05) is 0 Å². The quantitative estimate of drug-likeness (QED) is 0.475. The summed E-state index contributed by atoms with van der Waals surface area (Å²) in [5, 5.41) is 19.5. The van der Waals surface area contributed by atoms with Gasteiger partial charge in [0.1, 0.15) is 29.7 Å². The number of aldehydes is 1. The molecule has 34 heavy (non-hydrogen) atoms. The SMILES string of the molecule is CC(C)(C)OC(=O)NCc1cn(Oc2cc(OCc3cncc(C#N)c3)c(C=O)cc2Cl)nn1. The second-order valence-corrected chi connectivity index (χ2v) is 8.39. The van der Waals surface area contributed by atoms with E-state index in [0.29, 0.717) is 23.1 Å². The van der Waals surface area contributed by atoms with E-state index in [9.17, 15) is 9.59 Å². The van der Waals surface area contributed by atoms with Gasteiger partial charge in [-0.25, -0.2) is 4.79 Å². The van der Waals surface area contributed by atoms with E-state index in [0.717, 1.165) is 4.85 Å². The number of amides is 1. The summed E-state index contributed by atoms with van der Waals surface area (Å²) in [7, 11) is 0. The number of halogens is 1. The number of carbonyl (C=O) groups is 2. The van der Waals surface area contributed by atoms with Crippen molar-refractivity contribution in [3.05, 3.63) is 64.2 Å². The molecule has 0 saturated carbocycles. The van der Waals surface area contributed by atoms with E-state index in [4.69, 9.17) is 31.2 Å². The Bertz CT molecular complexity index is 1230. The lowest BCUT2D eigenvalue weighted by Gasteiger charge is -2.19. The number of aromatic nitrogens is 4. The van der Waals surface area contributed by atoms with Gasteiger partial charge >= 0.3 is 6.09 Å². The largest absolute Gasteiger partial charge is 0.488 e. The second kappa shape index (κ2) is 10.6. The average molecular weight is 485 g/mol. The molecule has 0 bridgehead atoms. The number of rotatable bonds is 8. The van der Waals surface area contributed by atoms with Crippen molar-refractivity contribution >= 4 is 24.0 Å². The molecular weight excluding hydrogens is 464 g/mol. The summed E-state index contributed by atoms with van der Waals surface area (Å²) in [4.78, 5) is 33.9. The van der Waals surface area contributed by atoms with Crippen LogP contribution in [0, 0.1) is 11.3 Å². The van der Waals surface area contributed by atoms with Crippen molar-refractivity contribution in [2.45, 2.75) is 39.5 Å². The number of nitriles is 1. The van der Waals surface area contributed by atoms with Crippen molar-refractivity contribution in [3.8, 4) is 17.6 Å². The van der Waals surface area contributed by atoms with E-state index in [1.54, 1.807) is 33.0 Å². The van der Waals surface area contributed by atoms with Gasteiger partial charge in [0.25, 0.3) is 0 Å². The summed E-state index contributed by atoms with van der Waals surface area (Å²) < 4.78 is 10.9. The number of alkyl carbamates (subject to hydrolysis) is 1. The van der Waals surface area contributed by atoms with Gasteiger partial charge in [-0.1, -0.05) is 16.4 Å². The topological polar surface area (TPSA) is 141 Å². The van der Waals surface area contributed by atoms with E-state index in [-0.39, 0.29) is 35.2 Å². The van der Waals surface area contributed by atoms with Crippen molar-refractivity contribution < 1.29 is 23.9 Å². The highest BCUT2D eigenvalue weighted by atomic mass is 35.5. The molecule has 1 amide bonds. The van der Waals surface area contributed by atoms with Crippen LogP contribution in [0.15, 0.2) is 36.8 Å². The maximum absolute atomic E-state index is 11.8. The predicted octanol–water partition coefficient (Wildman–Crippen LogP) is 3.46. The normalized spacial score (nSPS) is 10.8. The molecule has 2 heterocycles. The standard InChI is InChI=1S/C22H21ClN6O5/c1-22(2,3)33-21(31)26-10-17-11-29(28-27-17)34-20-6-19(16(12-30)5-18(20)23)32-13-15-4-14(7-24)8-25-9-15/h4-6,8-9,11-12H,10,13H2,1-3H3,(H,26,31). The highest BCUT2D eigenvalue weighted by molar-refractivity contribution is 6.32. The average Bonchev–Trinajstić information content (AvgIpc) is 3.24. The molecule has 2 aromatic heterocycles. The Morgan fingerprint density at radius 3 is 2.76 bits per heavy atom. The number of hydrogen-bond acceptors (Lipinski definition) is 9. The first-order valence-corrected chi connectivity index (χ1v) is 10.4. The molecule has 0 spiro atoms. The van der Waals surface area contributed by atoms with Crippen LogP contribution in [-0.2, 0) is 17.9 Å². The lowest BCUT2D eigenvalue weighted by molar-refractivity contribution is 0.0522. The fourth-order valence-corrected chi connectivity index (χ4v) is 2.82. The van der Waals surface area contributed by atoms with E-state index >= 15 is 0 Å². The molecule has 0 aliphatic rings. The van der Waals surface area contributed by atoms with E-state index in [1.165, 1.54) is 24.5 Å². The summed E-state index contributed by atoms with van der Waals surface area (Å²) in [6.07, 6.45) is 4.44. The lowest BCUT2D eigenvalue weighted by atomic mass is 10.2. The fraction of sp³-hybridized carbons (Fsp3) is 0.273. The monoisotopic (exact) mass is 484 g/mol. The summed E-state index contributed by atoms with van der Waals surface area (Å²) in [5.74, 6) is 0.367. The van der Waals surface area contributed by atoms with Gasteiger partial charge in [0.05, 0.1) is 28.9 Å². The van der Waals surface area contributed by atoms with Gasteiger partial charge in [0.2, 0.25) is 0 Å². The maximum Gasteiger partial charge on any atom is 0.407 e. The highest BCUT2D eigenvalue weighted by Crippen LogP contribution is 2.32. The molecule has 0 aliphatic carbocycles. The summed E-state index contributed by atoms with van der Waals surface area (Å²) in [6.45, 7) is 5.41. The highest BCUT2D eigenvalue weighted by Gasteiger charge is 2.17. The van der Waals surface area contributed by atoms with E-state index in [1.807, 2.05) is 6.07 Å². The van der Waals surface area contributed by atoms with Gasteiger partial charge in [0, 0.05) is 24.0 Å². The number of nitrogens with one attached hydrogen (secondary N) is 1. The van der Waals surface area contributed by atoms with Gasteiger partial charge in [-0.2, -0.15) is 5.26 Å². The van der Waals surface area contributed by atoms with Crippen LogP contribution in [0.5, 0.6) is 11.5 Å². The molecule has 1 N–H and O–H groups in total. The number of hydrogen-bond donors (Lipinski definition) is 1. The first kappa shape index (κ1) is 24.5. The minimum atomic E-state index is -0.621. The summed E-state index contributed by atoms with van der Waals surface area (Å²) in [5.41, 5.74) is 1.03. The smallest absolute Gasteiger partial charge is 0.407 e. The minimum absolute atomic E-state index is 0.0637. The molecule has 0 atom stereocenters. The number of carbonyl (C=O) groups excluding carboxylic acids is 2. The van der Waals surface area contributed by atoms with Crippen LogP contribution in [0.2, 0.25) is 5.02 Å². The van der Waals surface area contributed by atoms with Gasteiger partial charge in [-0.05, 0) is 38.1 Å². The Morgan fingerprint density at radius 1 is 1.26 bits per heavy atom. The molecule has 0 radical (unpaired) electrons. The Kier molecular flexibility index (Phi) is 7.65. The molecule has 11 nitrogen and oxygen atoms in total. The third-order valence-corrected chi connectivity index (χ3v) is 4.33. The third-order valence-electron chi connectivity index (χ3n) is 4.03. The van der Waals surface area contributed by atoms with Crippen LogP contribution in [0.1, 0.15) is 48.0 Å². The fourth-order valence-electron chi connectivity index (χ4n) is 2.61. The van der Waals surface area contributed by atoms with E-state index in [2.05, 4.69) is 20.6 Å². The lowest BCUT2D eigenvalue weighted by Crippen LogP contribution is -2.32. The van der Waals surface area contributed by atoms with Crippen LogP contribution in [-0.4, -0.2) is 38.1 Å². The van der Waals surface area contributed by atoms with Crippen LogP contribution < -0.4 is 14.9 Å². The first-order chi connectivity index (χ1) is 16.2. The maximum atomic E-state index is 11.8. The van der Waals surface area contributed by atoms with Gasteiger partial charge < -0.3 is 19.6 Å². The Morgan fingerprint density at radius 2 is 2.06 bits per heavy atom. The van der Waals surface area contributed by atoms with Crippen molar-refractivity contribution in [2.24, 2.45) is 0 Å². The Labute approximate surface area is 200 Å². The zero-order chi connectivity index (χ0) is 24.7. The molecule has 0 saturated heterocycles. The molecular formula is C22H21ClN6O5. The summed E-state index contributed by atoms with van der Waals surface area (Å²) >= 11 is 6.24. The zero-order valence-electron chi connectivity index (χ0n) is 18.6. The Hall–Kier alpha value is -4.17. The van der Waals surface area contributed by atoms with Crippen LogP contribution in [0.3, 0.4) is 0 Å². The molecule has 176 valence electrons. The molecule has 1 aromatic carbocycles. The Balaban J connectivity index is 1.68. The van der Waals surface area contributed by atoms with Crippen molar-refractivity contribution in [1.82, 2.24) is 25.5 Å². The van der Waals surface area contributed by atoms with Crippen molar-refractivity contribution in [3.63, 3.8) is 0 Å². The molecule has 0 fully saturated rings. The predicted molar refractivity (Wildman–Crippen MR) is 119 cm³/mol. The van der Waals surface area contributed by atoms with Crippen LogP contribution >= 0.6 is 11.6 Å². The molecule has 3 rings (SSSR count). The van der Waals surface area contributed by atoms with E-state index < -0.39 is 11.7 Å². The van der Waals surface area contributed by atoms with Crippen LogP contribution in [0.25, 0.3) is 0 Å². The van der Waals surface area contributed by atoms with Crippen molar-refractivity contribution in [1.29, 1.82) is 5.26 Å².